The molecule has 0 aliphatic heterocycles. The molecule has 0 spiro atoms. The molecule has 0 saturated heterocycles. The van der Waals surface area contributed by atoms with Crippen LogP contribution >= 0.6 is 0 Å². The zero-order valence-corrected chi connectivity index (χ0v) is 10.7. The van der Waals surface area contributed by atoms with Gasteiger partial charge in [0.2, 0.25) is 5.89 Å². The van der Waals surface area contributed by atoms with Crippen molar-refractivity contribution in [1.82, 2.24) is 10.3 Å². The van der Waals surface area contributed by atoms with Crippen molar-refractivity contribution < 1.29 is 9.15 Å². The van der Waals surface area contributed by atoms with Crippen molar-refractivity contribution in [1.29, 1.82) is 0 Å². The molecule has 4 heteroatoms. The van der Waals surface area contributed by atoms with Gasteiger partial charge in [0, 0.05) is 18.6 Å². The van der Waals surface area contributed by atoms with E-state index in [9.17, 15) is 0 Å². The number of ether oxygens (including phenoxy) is 1. The van der Waals surface area contributed by atoms with Crippen LogP contribution in [0.4, 0.5) is 0 Å². The quantitative estimate of drug-likeness (QED) is 0.755. The summed E-state index contributed by atoms with van der Waals surface area (Å²) in [5.74, 6) is 1.63. The van der Waals surface area contributed by atoms with Crippen LogP contribution in [0.5, 0.6) is 0 Å². The molecule has 1 aromatic heterocycles. The van der Waals surface area contributed by atoms with Crippen molar-refractivity contribution in [3.63, 3.8) is 0 Å². The van der Waals surface area contributed by atoms with Crippen LogP contribution in [0.25, 0.3) is 0 Å². The first-order valence-electron chi connectivity index (χ1n) is 5.77. The second kappa shape index (κ2) is 6.01. The van der Waals surface area contributed by atoms with E-state index in [1.807, 2.05) is 6.92 Å². The number of nitrogens with one attached hydrogen (secondary N) is 1. The molecule has 0 aliphatic rings. The van der Waals surface area contributed by atoms with Crippen LogP contribution in [0.1, 0.15) is 39.3 Å². The number of nitrogens with zero attached hydrogens (tertiary/aromatic N) is 1. The number of hydrogen-bond acceptors (Lipinski definition) is 4. The minimum atomic E-state index is 0.0833. The van der Waals surface area contributed by atoms with Gasteiger partial charge in [-0.15, -0.1) is 0 Å². The van der Waals surface area contributed by atoms with Gasteiger partial charge in [-0.25, -0.2) is 4.98 Å². The smallest absolute Gasteiger partial charge is 0.208 e. The number of hydrogen-bond donors (Lipinski definition) is 1. The van der Waals surface area contributed by atoms with Crippen LogP contribution in [-0.2, 0) is 17.7 Å². The van der Waals surface area contributed by atoms with Crippen LogP contribution in [0.15, 0.2) is 10.6 Å². The summed E-state index contributed by atoms with van der Waals surface area (Å²) in [6.45, 7) is 10.4. The summed E-state index contributed by atoms with van der Waals surface area (Å²) in [6.07, 6.45) is 2.56. The molecule has 4 nitrogen and oxygen atoms in total. The highest BCUT2D eigenvalue weighted by molar-refractivity contribution is 4.94. The van der Waals surface area contributed by atoms with E-state index < -0.39 is 0 Å². The van der Waals surface area contributed by atoms with E-state index in [2.05, 4.69) is 31.1 Å². The Balaban J connectivity index is 2.33. The molecule has 0 radical (unpaired) electrons. The molecule has 0 aromatic carbocycles. The molecule has 16 heavy (non-hydrogen) atoms. The summed E-state index contributed by atoms with van der Waals surface area (Å²) in [7, 11) is 0. The average Bonchev–Trinajstić information content (AvgIpc) is 2.62. The third-order valence-corrected chi connectivity index (χ3v) is 2.07. The zero-order chi connectivity index (χ0) is 12.0. The molecular formula is C12H22N2O2. The molecular weight excluding hydrogens is 204 g/mol. The van der Waals surface area contributed by atoms with Gasteiger partial charge < -0.3 is 14.5 Å². The van der Waals surface area contributed by atoms with Crippen molar-refractivity contribution in [3.05, 3.63) is 17.8 Å². The van der Waals surface area contributed by atoms with Gasteiger partial charge in [-0.2, -0.15) is 0 Å². The second-order valence-corrected chi connectivity index (χ2v) is 4.77. The lowest BCUT2D eigenvalue weighted by atomic mass is 10.1. The zero-order valence-electron chi connectivity index (χ0n) is 10.7. The highest BCUT2D eigenvalue weighted by Crippen LogP contribution is 2.07. The lowest BCUT2D eigenvalue weighted by Crippen LogP contribution is -2.35. The molecule has 0 fully saturated rings. The van der Waals surface area contributed by atoms with Crippen molar-refractivity contribution in [2.24, 2.45) is 0 Å². The Kier molecular flexibility index (Phi) is 4.96. The Morgan fingerprint density at radius 2 is 2.19 bits per heavy atom. The van der Waals surface area contributed by atoms with E-state index in [1.165, 1.54) is 0 Å². The minimum Gasteiger partial charge on any atom is -0.444 e. The standard InChI is InChI=1S/C12H22N2O2/c1-5-15-7-6-10-8-13-11(16-10)9-14-12(2,3)4/h8,14H,5-7,9H2,1-4H3. The Morgan fingerprint density at radius 3 is 2.81 bits per heavy atom. The SMILES string of the molecule is CCOCCc1cnc(CNC(C)(C)C)o1. The normalized spacial score (nSPS) is 12.0. The summed E-state index contributed by atoms with van der Waals surface area (Å²) in [5.41, 5.74) is 0.0833. The van der Waals surface area contributed by atoms with Crippen LogP contribution in [0.2, 0.25) is 0 Å². The van der Waals surface area contributed by atoms with Gasteiger partial charge in [0.1, 0.15) is 5.76 Å². The Morgan fingerprint density at radius 1 is 1.44 bits per heavy atom. The summed E-state index contributed by atoms with van der Waals surface area (Å²) in [5, 5.41) is 3.33. The van der Waals surface area contributed by atoms with Crippen LogP contribution in [0.3, 0.4) is 0 Å². The lowest BCUT2D eigenvalue weighted by Gasteiger charge is -2.18. The summed E-state index contributed by atoms with van der Waals surface area (Å²) in [4.78, 5) is 4.21. The fourth-order valence-electron chi connectivity index (χ4n) is 1.20. The third-order valence-electron chi connectivity index (χ3n) is 2.07. The van der Waals surface area contributed by atoms with E-state index in [0.717, 1.165) is 24.7 Å². The number of oxazole rings is 1. The van der Waals surface area contributed by atoms with E-state index in [1.54, 1.807) is 6.20 Å². The fourth-order valence-corrected chi connectivity index (χ4v) is 1.20. The van der Waals surface area contributed by atoms with Gasteiger partial charge in [-0.1, -0.05) is 0 Å². The maximum atomic E-state index is 5.57. The molecule has 0 amide bonds. The predicted octanol–water partition coefficient (Wildman–Crippen LogP) is 2.14. The van der Waals surface area contributed by atoms with Crippen LogP contribution in [-0.4, -0.2) is 23.7 Å². The van der Waals surface area contributed by atoms with E-state index in [-0.39, 0.29) is 5.54 Å². The van der Waals surface area contributed by atoms with Crippen LogP contribution < -0.4 is 5.32 Å². The third kappa shape index (κ3) is 5.28. The molecule has 0 bridgehead atoms. The Bertz CT molecular complexity index is 302. The summed E-state index contributed by atoms with van der Waals surface area (Å²) >= 11 is 0. The highest BCUT2D eigenvalue weighted by atomic mass is 16.5. The van der Waals surface area contributed by atoms with Gasteiger partial charge in [-0.05, 0) is 27.7 Å². The van der Waals surface area contributed by atoms with Crippen molar-refractivity contribution in [2.45, 2.75) is 46.2 Å². The van der Waals surface area contributed by atoms with E-state index in [4.69, 9.17) is 9.15 Å². The van der Waals surface area contributed by atoms with Crippen LogP contribution in [0, 0.1) is 0 Å². The van der Waals surface area contributed by atoms with Crippen molar-refractivity contribution in [2.75, 3.05) is 13.2 Å². The predicted molar refractivity (Wildman–Crippen MR) is 63.3 cm³/mol. The second-order valence-electron chi connectivity index (χ2n) is 4.77. The van der Waals surface area contributed by atoms with Gasteiger partial charge in [0.15, 0.2) is 0 Å². The molecule has 1 aromatic rings. The van der Waals surface area contributed by atoms with E-state index >= 15 is 0 Å². The monoisotopic (exact) mass is 226 g/mol. The first-order valence-corrected chi connectivity index (χ1v) is 5.77. The highest BCUT2D eigenvalue weighted by Gasteiger charge is 2.11. The first kappa shape index (κ1) is 13.2. The minimum absolute atomic E-state index is 0.0833. The molecule has 0 atom stereocenters. The van der Waals surface area contributed by atoms with Gasteiger partial charge in [-0.3, -0.25) is 0 Å². The lowest BCUT2D eigenvalue weighted by molar-refractivity contribution is 0.146. The Labute approximate surface area is 97.4 Å². The molecule has 0 saturated carbocycles. The maximum Gasteiger partial charge on any atom is 0.208 e. The number of aromatic nitrogens is 1. The fraction of sp³-hybridized carbons (Fsp3) is 0.750. The van der Waals surface area contributed by atoms with E-state index in [0.29, 0.717) is 13.2 Å². The molecule has 1 heterocycles. The molecule has 1 N–H and O–H groups in total. The molecule has 0 unspecified atom stereocenters. The van der Waals surface area contributed by atoms with Crippen molar-refractivity contribution >= 4 is 0 Å². The largest absolute Gasteiger partial charge is 0.444 e. The summed E-state index contributed by atoms with van der Waals surface area (Å²) in [6, 6.07) is 0. The summed E-state index contributed by atoms with van der Waals surface area (Å²) < 4.78 is 10.8. The first-order chi connectivity index (χ1) is 7.51. The number of rotatable bonds is 6. The topological polar surface area (TPSA) is 47.3 Å². The molecule has 92 valence electrons. The van der Waals surface area contributed by atoms with Crippen molar-refractivity contribution in [3.8, 4) is 0 Å². The molecule has 0 aliphatic carbocycles. The molecule has 1 rings (SSSR count). The maximum absolute atomic E-state index is 5.57. The Hall–Kier alpha value is -0.870. The average molecular weight is 226 g/mol. The van der Waals surface area contributed by atoms with Gasteiger partial charge >= 0.3 is 0 Å². The van der Waals surface area contributed by atoms with Gasteiger partial charge in [0.05, 0.1) is 19.3 Å². The van der Waals surface area contributed by atoms with Gasteiger partial charge in [0.25, 0.3) is 0 Å².